The van der Waals surface area contributed by atoms with E-state index in [1.165, 1.54) is 0 Å². The highest BCUT2D eigenvalue weighted by Gasteiger charge is 2.50. The number of nitrogens with zero attached hydrogens (tertiary/aromatic N) is 1. The average Bonchev–Trinajstić information content (AvgIpc) is 2.86. The van der Waals surface area contributed by atoms with Crippen molar-refractivity contribution in [3.8, 4) is 0 Å². The third kappa shape index (κ3) is 4.50. The van der Waals surface area contributed by atoms with Crippen molar-refractivity contribution in [3.63, 3.8) is 0 Å². The van der Waals surface area contributed by atoms with Crippen molar-refractivity contribution < 1.29 is 24.1 Å². The van der Waals surface area contributed by atoms with Crippen molar-refractivity contribution in [2.75, 3.05) is 6.61 Å². The molecule has 2 aliphatic rings. The summed E-state index contributed by atoms with van der Waals surface area (Å²) >= 11 is 3.54. The van der Waals surface area contributed by atoms with Gasteiger partial charge in [0.2, 0.25) is 0 Å². The maximum absolute atomic E-state index is 10.2. The fourth-order valence-corrected chi connectivity index (χ4v) is 4.62. The minimum Gasteiger partial charge on any atom is -0.394 e. The summed E-state index contributed by atoms with van der Waals surface area (Å²) < 4.78 is 26.0. The Labute approximate surface area is 195 Å². The van der Waals surface area contributed by atoms with Gasteiger partial charge in [-0.2, -0.15) is 0 Å². The molecule has 6 atom stereocenters. The van der Waals surface area contributed by atoms with E-state index in [-0.39, 0.29) is 12.7 Å². The highest BCUT2D eigenvalue weighted by atomic mass is 79.9. The Morgan fingerprint density at radius 1 is 0.719 bits per heavy atom. The quantitative estimate of drug-likeness (QED) is 0.528. The van der Waals surface area contributed by atoms with Gasteiger partial charge in [0.25, 0.3) is 0 Å². The molecule has 1 N–H and O–H groups in total. The molecule has 2 saturated heterocycles. The first-order valence-electron chi connectivity index (χ1n) is 10.6. The first kappa shape index (κ1) is 21.7. The number of halogens is 1. The Bertz CT molecular complexity index is 1020. The molecule has 3 aromatic rings. The number of ether oxygens (including phenoxy) is 4. The minimum atomic E-state index is -0.616. The van der Waals surface area contributed by atoms with Crippen LogP contribution in [0.25, 0.3) is 0 Å². The van der Waals surface area contributed by atoms with Crippen LogP contribution < -0.4 is 0 Å². The summed E-state index contributed by atoms with van der Waals surface area (Å²) in [5.41, 5.74) is 2.80. The lowest BCUT2D eigenvalue weighted by atomic mass is 9.94. The van der Waals surface area contributed by atoms with Crippen molar-refractivity contribution >= 4 is 15.9 Å². The molecule has 32 heavy (non-hydrogen) atoms. The molecule has 166 valence electrons. The highest BCUT2D eigenvalue weighted by Crippen LogP contribution is 2.41. The molecule has 2 fully saturated rings. The van der Waals surface area contributed by atoms with E-state index in [1.54, 1.807) is 6.20 Å². The van der Waals surface area contributed by atoms with Gasteiger partial charge in [-0.25, -0.2) is 4.98 Å². The van der Waals surface area contributed by atoms with Crippen molar-refractivity contribution in [3.05, 3.63) is 100 Å². The summed E-state index contributed by atoms with van der Waals surface area (Å²) in [6.07, 6.45) is -0.689. The van der Waals surface area contributed by atoms with E-state index in [4.69, 9.17) is 18.9 Å². The first-order valence-corrected chi connectivity index (χ1v) is 11.4. The molecule has 0 radical (unpaired) electrons. The molecule has 1 aromatic heterocycles. The Kier molecular flexibility index (Phi) is 6.64. The van der Waals surface area contributed by atoms with Gasteiger partial charge in [-0.3, -0.25) is 0 Å². The third-order valence-electron chi connectivity index (χ3n) is 5.80. The maximum atomic E-state index is 10.2. The lowest BCUT2D eigenvalue weighted by Crippen LogP contribution is -2.59. The van der Waals surface area contributed by atoms with E-state index in [0.29, 0.717) is 6.42 Å². The lowest BCUT2D eigenvalue weighted by molar-refractivity contribution is -0.384. The van der Waals surface area contributed by atoms with Gasteiger partial charge < -0.3 is 24.1 Å². The van der Waals surface area contributed by atoms with E-state index < -0.39 is 30.9 Å². The maximum Gasteiger partial charge on any atom is 0.184 e. The fourth-order valence-electron chi connectivity index (χ4n) is 4.21. The van der Waals surface area contributed by atoms with Gasteiger partial charge in [-0.05, 0) is 27.6 Å². The van der Waals surface area contributed by atoms with E-state index in [9.17, 15) is 5.11 Å². The molecule has 3 heterocycles. The van der Waals surface area contributed by atoms with Crippen molar-refractivity contribution in [1.29, 1.82) is 0 Å². The zero-order chi connectivity index (χ0) is 21.9. The van der Waals surface area contributed by atoms with Crippen LogP contribution in [0.2, 0.25) is 0 Å². The molecule has 0 bridgehead atoms. The summed E-state index contributed by atoms with van der Waals surface area (Å²) in [7, 11) is 0. The predicted octanol–water partition coefficient (Wildman–Crippen LogP) is 4.34. The van der Waals surface area contributed by atoms with Crippen molar-refractivity contribution in [1.82, 2.24) is 4.98 Å². The minimum absolute atomic E-state index is 0.182. The summed E-state index contributed by atoms with van der Waals surface area (Å²) in [6.45, 7) is -0.182. The predicted molar refractivity (Wildman–Crippen MR) is 121 cm³/mol. The summed E-state index contributed by atoms with van der Waals surface area (Å²) in [5.74, 6) is 0. The summed E-state index contributed by atoms with van der Waals surface area (Å²) in [6, 6.07) is 23.4. The van der Waals surface area contributed by atoms with Gasteiger partial charge in [0.05, 0.1) is 12.7 Å². The molecular formula is C25H24BrNO5. The summed E-state index contributed by atoms with van der Waals surface area (Å²) in [4.78, 5) is 4.34. The Morgan fingerprint density at radius 2 is 1.28 bits per heavy atom. The van der Waals surface area contributed by atoms with Crippen LogP contribution >= 0.6 is 15.9 Å². The van der Waals surface area contributed by atoms with E-state index >= 15 is 0 Å². The number of benzene rings is 2. The van der Waals surface area contributed by atoms with Crippen molar-refractivity contribution in [2.24, 2.45) is 0 Å². The van der Waals surface area contributed by atoms with E-state index in [0.717, 1.165) is 21.3 Å². The highest BCUT2D eigenvalue weighted by molar-refractivity contribution is 9.10. The summed E-state index contributed by atoms with van der Waals surface area (Å²) in [5, 5.41) is 10.2. The largest absolute Gasteiger partial charge is 0.394 e. The molecule has 7 heteroatoms. The van der Waals surface area contributed by atoms with Gasteiger partial charge in [0.15, 0.2) is 12.6 Å². The van der Waals surface area contributed by atoms with Crippen LogP contribution in [0.5, 0.6) is 0 Å². The van der Waals surface area contributed by atoms with Crippen LogP contribution in [0.4, 0.5) is 0 Å². The molecule has 0 aliphatic carbocycles. The average molecular weight is 498 g/mol. The molecule has 5 rings (SSSR count). The van der Waals surface area contributed by atoms with Crippen LogP contribution in [-0.4, -0.2) is 41.1 Å². The Morgan fingerprint density at radius 3 is 1.84 bits per heavy atom. The smallest absolute Gasteiger partial charge is 0.184 e. The van der Waals surface area contributed by atoms with Gasteiger partial charge in [-0.15, -0.1) is 0 Å². The number of fused-ring (bicyclic) bond motifs is 1. The number of aliphatic hydroxyl groups is 1. The monoisotopic (exact) mass is 497 g/mol. The standard InChI is InChI=1S/C25H24BrNO5/c26-23-18(12-7-13-27-23)14-19-21-22(32-24(29-19)16-8-3-1-4-9-16)20(15-28)30-25(31-21)17-10-5-2-6-11-17/h1-13,19-22,24-25,28H,14-15H2/t19-,20-,21+,22-,24?,25?/m0/s1. The van der Waals surface area contributed by atoms with Gasteiger partial charge in [-0.1, -0.05) is 66.7 Å². The number of rotatable bonds is 5. The number of aliphatic hydroxyl groups excluding tert-OH is 1. The fraction of sp³-hybridized carbons (Fsp3) is 0.320. The molecule has 0 saturated carbocycles. The van der Waals surface area contributed by atoms with Gasteiger partial charge in [0, 0.05) is 23.7 Å². The van der Waals surface area contributed by atoms with Crippen LogP contribution in [0.3, 0.4) is 0 Å². The van der Waals surface area contributed by atoms with Crippen LogP contribution in [-0.2, 0) is 25.4 Å². The third-order valence-corrected chi connectivity index (χ3v) is 6.51. The number of hydrogen-bond acceptors (Lipinski definition) is 6. The lowest BCUT2D eigenvalue weighted by Gasteiger charge is -2.49. The number of pyridine rings is 1. The second-order valence-corrected chi connectivity index (χ2v) is 8.63. The molecule has 2 aromatic carbocycles. The van der Waals surface area contributed by atoms with Crippen LogP contribution in [0.1, 0.15) is 29.3 Å². The Balaban J connectivity index is 1.48. The van der Waals surface area contributed by atoms with Crippen LogP contribution in [0, 0.1) is 0 Å². The molecule has 2 aliphatic heterocycles. The number of hydrogen-bond donors (Lipinski definition) is 1. The zero-order valence-corrected chi connectivity index (χ0v) is 18.9. The molecular weight excluding hydrogens is 474 g/mol. The van der Waals surface area contributed by atoms with Crippen LogP contribution in [0.15, 0.2) is 83.6 Å². The number of aromatic nitrogens is 1. The van der Waals surface area contributed by atoms with E-state index in [2.05, 4.69) is 20.9 Å². The Hall–Kier alpha value is -2.13. The van der Waals surface area contributed by atoms with Gasteiger partial charge in [0.1, 0.15) is 22.9 Å². The molecule has 2 unspecified atom stereocenters. The first-order chi connectivity index (χ1) is 15.7. The van der Waals surface area contributed by atoms with Gasteiger partial charge >= 0.3 is 0 Å². The molecule has 6 nitrogen and oxygen atoms in total. The molecule has 0 amide bonds. The zero-order valence-electron chi connectivity index (χ0n) is 17.3. The SMILES string of the molecule is OC[C@@H]1OC(c2ccccc2)O[C@H]2[C@H]1OC(c1ccccc1)O[C@H]2Cc1cccnc1Br. The normalized spacial score (nSPS) is 29.9. The molecule has 0 spiro atoms. The van der Waals surface area contributed by atoms with E-state index in [1.807, 2.05) is 72.8 Å². The second kappa shape index (κ2) is 9.79. The second-order valence-electron chi connectivity index (χ2n) is 7.88. The topological polar surface area (TPSA) is 70.0 Å². The van der Waals surface area contributed by atoms with Crippen molar-refractivity contribution in [2.45, 2.75) is 43.4 Å².